The second-order valence-electron chi connectivity index (χ2n) is 4.70. The number of hydrogen-bond acceptors (Lipinski definition) is 5. The first-order valence-electron chi connectivity index (χ1n) is 6.22. The third kappa shape index (κ3) is 3.43. The number of hydrogen-bond donors (Lipinski definition) is 2. The van der Waals surface area contributed by atoms with Gasteiger partial charge < -0.3 is 20.5 Å². The van der Waals surface area contributed by atoms with Crippen molar-refractivity contribution in [3.8, 4) is 0 Å². The van der Waals surface area contributed by atoms with Crippen LogP contribution in [0.4, 0.5) is 0 Å². The molecule has 0 bridgehead atoms. The van der Waals surface area contributed by atoms with Gasteiger partial charge in [-0.15, -0.1) is 0 Å². The van der Waals surface area contributed by atoms with E-state index in [0.29, 0.717) is 13.2 Å². The van der Waals surface area contributed by atoms with E-state index < -0.39 is 12.0 Å². The summed E-state index contributed by atoms with van der Waals surface area (Å²) in [5, 5.41) is 2.72. The van der Waals surface area contributed by atoms with Gasteiger partial charge in [-0.05, 0) is 5.92 Å². The molecule has 0 aromatic carbocycles. The molecule has 0 saturated carbocycles. The van der Waals surface area contributed by atoms with Gasteiger partial charge in [0.05, 0.1) is 26.2 Å². The van der Waals surface area contributed by atoms with Crippen molar-refractivity contribution >= 4 is 11.9 Å². The molecule has 6 heteroatoms. The molecule has 1 fully saturated rings. The first-order valence-corrected chi connectivity index (χ1v) is 6.22. The highest BCUT2D eigenvalue weighted by atomic mass is 16.5. The number of methoxy groups -OCH3 is 1. The molecule has 0 aromatic rings. The molecule has 4 atom stereocenters. The number of rotatable bonds is 5. The maximum Gasteiger partial charge on any atom is 0.328 e. The van der Waals surface area contributed by atoms with Gasteiger partial charge in [-0.25, -0.2) is 4.79 Å². The highest BCUT2D eigenvalue weighted by Crippen LogP contribution is 2.14. The van der Waals surface area contributed by atoms with E-state index in [0.717, 1.165) is 6.42 Å². The number of nitrogens with one attached hydrogen (secondary N) is 1. The lowest BCUT2D eigenvalue weighted by Gasteiger charge is -2.24. The summed E-state index contributed by atoms with van der Waals surface area (Å²) in [6, 6.07) is -0.930. The van der Waals surface area contributed by atoms with E-state index in [1.807, 2.05) is 13.8 Å². The average molecular weight is 258 g/mol. The number of carbonyl (C=O) groups excluding carboxylic acids is 2. The molecule has 0 spiro atoms. The van der Waals surface area contributed by atoms with Gasteiger partial charge in [0.25, 0.3) is 0 Å². The molecule has 18 heavy (non-hydrogen) atoms. The highest BCUT2D eigenvalue weighted by molar-refractivity contribution is 5.86. The number of ether oxygens (including phenoxy) is 2. The van der Waals surface area contributed by atoms with Crippen LogP contribution in [0.15, 0.2) is 0 Å². The van der Waals surface area contributed by atoms with Crippen LogP contribution < -0.4 is 11.1 Å². The van der Waals surface area contributed by atoms with Crippen LogP contribution in [0.5, 0.6) is 0 Å². The lowest BCUT2D eigenvalue weighted by Crippen LogP contribution is -2.50. The number of esters is 1. The van der Waals surface area contributed by atoms with Crippen LogP contribution in [-0.2, 0) is 19.1 Å². The van der Waals surface area contributed by atoms with Crippen LogP contribution in [0.2, 0.25) is 0 Å². The standard InChI is InChI=1S/C12H22N2O4/c1-4-7(2)10(12(16)17-3)14-11(15)8-5-18-6-9(8)13/h7-10H,4-6,13H2,1-3H3,(H,14,15). The Morgan fingerprint density at radius 2 is 2.17 bits per heavy atom. The molecule has 104 valence electrons. The maximum absolute atomic E-state index is 12.0. The summed E-state index contributed by atoms with van der Waals surface area (Å²) in [4.78, 5) is 23.7. The van der Waals surface area contributed by atoms with Crippen molar-refractivity contribution in [2.45, 2.75) is 32.4 Å². The fourth-order valence-corrected chi connectivity index (χ4v) is 1.90. The van der Waals surface area contributed by atoms with Crippen LogP contribution in [0.1, 0.15) is 20.3 Å². The summed E-state index contributed by atoms with van der Waals surface area (Å²) in [7, 11) is 1.31. The minimum absolute atomic E-state index is 0.0138. The number of carbonyl (C=O) groups is 2. The second kappa shape index (κ2) is 6.70. The number of amides is 1. The Kier molecular flexibility index (Phi) is 5.55. The monoisotopic (exact) mass is 258 g/mol. The Morgan fingerprint density at radius 3 is 2.61 bits per heavy atom. The Bertz CT molecular complexity index is 308. The zero-order valence-electron chi connectivity index (χ0n) is 11.1. The molecule has 0 aliphatic carbocycles. The zero-order valence-corrected chi connectivity index (χ0v) is 11.1. The third-order valence-electron chi connectivity index (χ3n) is 3.43. The molecule has 1 heterocycles. The molecule has 1 amide bonds. The van der Waals surface area contributed by atoms with Crippen molar-refractivity contribution in [2.24, 2.45) is 17.6 Å². The van der Waals surface area contributed by atoms with E-state index in [1.165, 1.54) is 7.11 Å². The predicted octanol–water partition coefficient (Wildman–Crippen LogP) is -0.336. The topological polar surface area (TPSA) is 90.6 Å². The van der Waals surface area contributed by atoms with Crippen molar-refractivity contribution in [3.63, 3.8) is 0 Å². The Hall–Kier alpha value is -1.14. The van der Waals surface area contributed by atoms with Gasteiger partial charge in [-0.2, -0.15) is 0 Å². The Morgan fingerprint density at radius 1 is 1.50 bits per heavy atom. The fraction of sp³-hybridized carbons (Fsp3) is 0.833. The lowest BCUT2D eigenvalue weighted by molar-refractivity contribution is -0.147. The van der Waals surface area contributed by atoms with Crippen molar-refractivity contribution < 1.29 is 19.1 Å². The Balaban J connectivity index is 2.65. The van der Waals surface area contributed by atoms with Crippen molar-refractivity contribution in [1.29, 1.82) is 0 Å². The lowest BCUT2D eigenvalue weighted by atomic mass is 9.97. The van der Waals surface area contributed by atoms with E-state index in [-0.39, 0.29) is 23.8 Å². The maximum atomic E-state index is 12.0. The summed E-state index contributed by atoms with van der Waals surface area (Å²) in [6.45, 7) is 4.54. The molecule has 4 unspecified atom stereocenters. The SMILES string of the molecule is CCC(C)C(NC(=O)C1COCC1N)C(=O)OC. The van der Waals surface area contributed by atoms with E-state index in [4.69, 9.17) is 15.2 Å². The second-order valence-corrected chi connectivity index (χ2v) is 4.70. The molecule has 1 aliphatic rings. The molecule has 6 nitrogen and oxygen atoms in total. The summed E-state index contributed by atoms with van der Waals surface area (Å²) in [5.74, 6) is -1.04. The quantitative estimate of drug-likeness (QED) is 0.659. The van der Waals surface area contributed by atoms with Crippen LogP contribution >= 0.6 is 0 Å². The van der Waals surface area contributed by atoms with Gasteiger partial charge >= 0.3 is 5.97 Å². The minimum Gasteiger partial charge on any atom is -0.467 e. The molecule has 0 aromatic heterocycles. The zero-order chi connectivity index (χ0) is 13.7. The Labute approximate surface area is 107 Å². The molecular weight excluding hydrogens is 236 g/mol. The first kappa shape index (κ1) is 14.9. The summed E-state index contributed by atoms with van der Waals surface area (Å²) >= 11 is 0. The van der Waals surface area contributed by atoms with Gasteiger partial charge in [-0.1, -0.05) is 20.3 Å². The average Bonchev–Trinajstić information content (AvgIpc) is 2.80. The van der Waals surface area contributed by atoms with Crippen molar-refractivity contribution in [1.82, 2.24) is 5.32 Å². The van der Waals surface area contributed by atoms with Crippen LogP contribution in [0.25, 0.3) is 0 Å². The first-order chi connectivity index (χ1) is 8.51. The predicted molar refractivity (Wildman–Crippen MR) is 65.7 cm³/mol. The van der Waals surface area contributed by atoms with Gasteiger partial charge in [0.1, 0.15) is 6.04 Å². The molecular formula is C12H22N2O4. The summed E-state index contributed by atoms with van der Waals surface area (Å²) < 4.78 is 9.85. The highest BCUT2D eigenvalue weighted by Gasteiger charge is 2.35. The molecule has 3 N–H and O–H groups in total. The third-order valence-corrected chi connectivity index (χ3v) is 3.43. The largest absolute Gasteiger partial charge is 0.467 e. The molecule has 1 rings (SSSR count). The van der Waals surface area contributed by atoms with Crippen molar-refractivity contribution in [3.05, 3.63) is 0 Å². The fourth-order valence-electron chi connectivity index (χ4n) is 1.90. The van der Waals surface area contributed by atoms with Crippen LogP contribution in [0.3, 0.4) is 0 Å². The van der Waals surface area contributed by atoms with E-state index in [1.54, 1.807) is 0 Å². The molecule has 1 aliphatic heterocycles. The van der Waals surface area contributed by atoms with Gasteiger partial charge in [-0.3, -0.25) is 4.79 Å². The van der Waals surface area contributed by atoms with E-state index in [9.17, 15) is 9.59 Å². The van der Waals surface area contributed by atoms with Crippen LogP contribution in [-0.4, -0.2) is 44.3 Å². The van der Waals surface area contributed by atoms with E-state index in [2.05, 4.69) is 5.32 Å². The smallest absolute Gasteiger partial charge is 0.328 e. The summed E-state index contributed by atoms with van der Waals surface area (Å²) in [6.07, 6.45) is 0.771. The molecule has 0 radical (unpaired) electrons. The van der Waals surface area contributed by atoms with Crippen molar-refractivity contribution in [2.75, 3.05) is 20.3 Å². The van der Waals surface area contributed by atoms with E-state index >= 15 is 0 Å². The summed E-state index contributed by atoms with van der Waals surface area (Å²) in [5.41, 5.74) is 5.77. The normalized spacial score (nSPS) is 26.4. The van der Waals surface area contributed by atoms with Gasteiger partial charge in [0, 0.05) is 6.04 Å². The minimum atomic E-state index is -0.625. The van der Waals surface area contributed by atoms with Gasteiger partial charge in [0.2, 0.25) is 5.91 Å². The number of nitrogens with two attached hydrogens (primary N) is 1. The van der Waals surface area contributed by atoms with Crippen LogP contribution in [0, 0.1) is 11.8 Å². The van der Waals surface area contributed by atoms with Gasteiger partial charge in [0.15, 0.2) is 0 Å². The molecule has 1 saturated heterocycles.